The Morgan fingerprint density at radius 1 is 1.32 bits per heavy atom. The van der Waals surface area contributed by atoms with Crippen LogP contribution in [0.25, 0.3) is 0 Å². The average molecular weight is 265 g/mol. The van der Waals surface area contributed by atoms with Crippen molar-refractivity contribution < 1.29 is 15.0 Å². The molecule has 0 aliphatic carbocycles. The standard InChI is InChI=1S/C15H23NO3/c1-3-4-10-16(14(18)19)15(2,12-17)11-13-8-6-5-7-9-13/h5-9,17H,3-4,10-12H2,1-2H3,(H,18,19)/t15-/m1/s1. The van der Waals surface area contributed by atoms with E-state index in [4.69, 9.17) is 0 Å². The van der Waals surface area contributed by atoms with E-state index in [1.54, 1.807) is 6.92 Å². The first-order valence-corrected chi connectivity index (χ1v) is 6.69. The van der Waals surface area contributed by atoms with Gasteiger partial charge in [-0.1, -0.05) is 43.7 Å². The number of rotatable bonds is 7. The molecule has 0 unspecified atom stereocenters. The van der Waals surface area contributed by atoms with Crippen LogP contribution in [0.4, 0.5) is 4.79 Å². The summed E-state index contributed by atoms with van der Waals surface area (Å²) in [6.07, 6.45) is 1.27. The van der Waals surface area contributed by atoms with Gasteiger partial charge < -0.3 is 15.1 Å². The first-order chi connectivity index (χ1) is 9.03. The van der Waals surface area contributed by atoms with E-state index in [1.807, 2.05) is 37.3 Å². The lowest BCUT2D eigenvalue weighted by molar-refractivity contribution is 0.0429. The van der Waals surface area contributed by atoms with E-state index in [0.717, 1.165) is 18.4 Å². The van der Waals surface area contributed by atoms with Gasteiger partial charge in [0, 0.05) is 6.54 Å². The zero-order valence-electron chi connectivity index (χ0n) is 11.7. The van der Waals surface area contributed by atoms with E-state index < -0.39 is 11.6 Å². The highest BCUT2D eigenvalue weighted by atomic mass is 16.4. The summed E-state index contributed by atoms with van der Waals surface area (Å²) in [7, 11) is 0. The fourth-order valence-corrected chi connectivity index (χ4v) is 2.18. The molecular formula is C15H23NO3. The first-order valence-electron chi connectivity index (χ1n) is 6.69. The van der Waals surface area contributed by atoms with Crippen molar-refractivity contribution >= 4 is 6.09 Å². The first kappa shape index (κ1) is 15.5. The Morgan fingerprint density at radius 3 is 2.42 bits per heavy atom. The highest BCUT2D eigenvalue weighted by molar-refractivity contribution is 5.66. The second-order valence-electron chi connectivity index (χ2n) is 5.11. The molecule has 0 radical (unpaired) electrons. The quantitative estimate of drug-likeness (QED) is 0.797. The number of unbranched alkanes of at least 4 members (excludes halogenated alkanes) is 1. The molecule has 19 heavy (non-hydrogen) atoms. The van der Waals surface area contributed by atoms with Crippen LogP contribution in [-0.4, -0.2) is 39.9 Å². The molecule has 1 aromatic rings. The van der Waals surface area contributed by atoms with Crippen LogP contribution >= 0.6 is 0 Å². The number of hydrogen-bond donors (Lipinski definition) is 2. The van der Waals surface area contributed by atoms with Crippen LogP contribution in [0.1, 0.15) is 32.3 Å². The van der Waals surface area contributed by atoms with Crippen molar-refractivity contribution in [2.45, 2.75) is 38.6 Å². The summed E-state index contributed by atoms with van der Waals surface area (Å²) >= 11 is 0. The van der Waals surface area contributed by atoms with Crippen molar-refractivity contribution in [1.29, 1.82) is 0 Å². The third-order valence-electron chi connectivity index (χ3n) is 3.39. The van der Waals surface area contributed by atoms with Gasteiger partial charge in [-0.15, -0.1) is 0 Å². The second kappa shape index (κ2) is 7.14. The Hall–Kier alpha value is -1.55. The number of carboxylic acid groups (broad SMARTS) is 1. The maximum absolute atomic E-state index is 11.4. The Balaban J connectivity index is 2.89. The molecule has 4 heteroatoms. The minimum atomic E-state index is -0.971. The van der Waals surface area contributed by atoms with Gasteiger partial charge in [-0.25, -0.2) is 4.79 Å². The third kappa shape index (κ3) is 4.24. The molecule has 0 aromatic heterocycles. The summed E-state index contributed by atoms with van der Waals surface area (Å²) in [6.45, 7) is 4.09. The van der Waals surface area contributed by atoms with E-state index in [9.17, 15) is 15.0 Å². The zero-order chi connectivity index (χ0) is 14.3. The molecule has 0 bridgehead atoms. The number of benzene rings is 1. The lowest BCUT2D eigenvalue weighted by atomic mass is 9.91. The number of amides is 1. The predicted molar refractivity (Wildman–Crippen MR) is 75.3 cm³/mol. The van der Waals surface area contributed by atoms with E-state index in [-0.39, 0.29) is 6.61 Å². The van der Waals surface area contributed by atoms with E-state index >= 15 is 0 Å². The van der Waals surface area contributed by atoms with Crippen molar-refractivity contribution in [2.24, 2.45) is 0 Å². The minimum Gasteiger partial charge on any atom is -0.465 e. The van der Waals surface area contributed by atoms with Gasteiger partial charge in [0.2, 0.25) is 0 Å². The lowest BCUT2D eigenvalue weighted by Crippen LogP contribution is -2.53. The monoisotopic (exact) mass is 265 g/mol. The third-order valence-corrected chi connectivity index (χ3v) is 3.39. The number of nitrogens with zero attached hydrogens (tertiary/aromatic N) is 1. The molecule has 0 spiro atoms. The topological polar surface area (TPSA) is 60.8 Å². The molecule has 0 fully saturated rings. The van der Waals surface area contributed by atoms with Crippen molar-refractivity contribution in [3.8, 4) is 0 Å². The Labute approximate surface area is 114 Å². The van der Waals surface area contributed by atoms with Crippen LogP contribution in [0.15, 0.2) is 30.3 Å². The molecule has 2 N–H and O–H groups in total. The van der Waals surface area contributed by atoms with Crippen LogP contribution in [0.3, 0.4) is 0 Å². The van der Waals surface area contributed by atoms with Crippen molar-refractivity contribution in [2.75, 3.05) is 13.2 Å². The Kier molecular flexibility index (Phi) is 5.83. The number of aliphatic hydroxyl groups is 1. The number of carbonyl (C=O) groups is 1. The van der Waals surface area contributed by atoms with Crippen LogP contribution in [0, 0.1) is 0 Å². The smallest absolute Gasteiger partial charge is 0.407 e. The van der Waals surface area contributed by atoms with Gasteiger partial charge in [0.05, 0.1) is 12.1 Å². The summed E-state index contributed by atoms with van der Waals surface area (Å²) in [5.74, 6) is 0. The summed E-state index contributed by atoms with van der Waals surface area (Å²) in [6, 6.07) is 9.67. The van der Waals surface area contributed by atoms with Crippen LogP contribution < -0.4 is 0 Å². The number of hydrogen-bond acceptors (Lipinski definition) is 2. The maximum atomic E-state index is 11.4. The van der Waals surface area contributed by atoms with Gasteiger partial charge in [-0.05, 0) is 25.3 Å². The normalized spacial score (nSPS) is 13.8. The van der Waals surface area contributed by atoms with Crippen LogP contribution in [0.2, 0.25) is 0 Å². The highest BCUT2D eigenvalue weighted by Gasteiger charge is 2.34. The summed E-state index contributed by atoms with van der Waals surface area (Å²) in [5, 5.41) is 19.0. The van der Waals surface area contributed by atoms with Gasteiger partial charge in [-0.2, -0.15) is 0 Å². The van der Waals surface area contributed by atoms with Gasteiger partial charge >= 0.3 is 6.09 Å². The summed E-state index contributed by atoms with van der Waals surface area (Å²) < 4.78 is 0. The molecule has 1 amide bonds. The largest absolute Gasteiger partial charge is 0.465 e. The molecule has 1 atom stereocenters. The molecule has 0 saturated carbocycles. The molecule has 106 valence electrons. The van der Waals surface area contributed by atoms with Crippen LogP contribution in [-0.2, 0) is 6.42 Å². The molecule has 1 rings (SSSR count). The second-order valence-corrected chi connectivity index (χ2v) is 5.11. The molecule has 0 saturated heterocycles. The van der Waals surface area contributed by atoms with Crippen molar-refractivity contribution in [3.63, 3.8) is 0 Å². The van der Waals surface area contributed by atoms with Gasteiger partial charge in [0.1, 0.15) is 0 Å². The highest BCUT2D eigenvalue weighted by Crippen LogP contribution is 2.21. The average Bonchev–Trinajstić information content (AvgIpc) is 2.40. The van der Waals surface area contributed by atoms with Crippen LogP contribution in [0.5, 0.6) is 0 Å². The molecule has 0 heterocycles. The van der Waals surface area contributed by atoms with Gasteiger partial charge in [0.15, 0.2) is 0 Å². The SMILES string of the molecule is CCCCN(C(=O)O)[C@@](C)(CO)Cc1ccccc1. The van der Waals surface area contributed by atoms with Crippen molar-refractivity contribution in [3.05, 3.63) is 35.9 Å². The van der Waals surface area contributed by atoms with E-state index in [2.05, 4.69) is 0 Å². The molecule has 4 nitrogen and oxygen atoms in total. The maximum Gasteiger partial charge on any atom is 0.407 e. The fourth-order valence-electron chi connectivity index (χ4n) is 2.18. The molecule has 1 aromatic carbocycles. The summed E-state index contributed by atoms with van der Waals surface area (Å²) in [5.41, 5.74) is 0.254. The number of aliphatic hydroxyl groups excluding tert-OH is 1. The summed E-state index contributed by atoms with van der Waals surface area (Å²) in [4.78, 5) is 12.8. The van der Waals surface area contributed by atoms with Crippen molar-refractivity contribution in [1.82, 2.24) is 4.90 Å². The van der Waals surface area contributed by atoms with Gasteiger partial charge in [0.25, 0.3) is 0 Å². The predicted octanol–water partition coefficient (Wildman–Crippen LogP) is 2.76. The Morgan fingerprint density at radius 2 is 1.95 bits per heavy atom. The van der Waals surface area contributed by atoms with E-state index in [1.165, 1.54) is 4.90 Å². The zero-order valence-corrected chi connectivity index (χ0v) is 11.7. The van der Waals surface area contributed by atoms with Gasteiger partial charge in [-0.3, -0.25) is 0 Å². The Bertz CT molecular complexity index is 394. The molecule has 0 aliphatic rings. The lowest BCUT2D eigenvalue weighted by Gasteiger charge is -2.38. The molecule has 0 aliphatic heterocycles. The molecular weight excluding hydrogens is 242 g/mol. The van der Waals surface area contributed by atoms with E-state index in [0.29, 0.717) is 13.0 Å². The minimum absolute atomic E-state index is 0.183. The fraction of sp³-hybridized carbons (Fsp3) is 0.533.